The number of benzene rings is 1. The normalized spacial score (nSPS) is 11.7. The average Bonchev–Trinajstić information content (AvgIpc) is 2.65. The number of nitrogens with zero attached hydrogens (tertiary/aromatic N) is 1. The number of hydrogen-bond acceptors (Lipinski definition) is 0. The molecule has 3 rings (SSSR count). The minimum Gasteiger partial charge on any atom is -0.319 e. The first-order valence-electron chi connectivity index (χ1n) is 4.24. The zero-order valence-corrected chi connectivity index (χ0v) is 7.91. The van der Waals surface area contributed by atoms with Crippen molar-refractivity contribution in [2.24, 2.45) is 0 Å². The highest BCUT2D eigenvalue weighted by atomic mass is 31.0. The van der Waals surface area contributed by atoms with Gasteiger partial charge >= 0.3 is 0 Å². The van der Waals surface area contributed by atoms with Gasteiger partial charge in [-0.1, -0.05) is 32.5 Å². The van der Waals surface area contributed by atoms with E-state index in [1.807, 2.05) is 0 Å². The molecule has 1 nitrogen and oxygen atoms in total. The van der Waals surface area contributed by atoms with E-state index in [0.29, 0.717) is 0 Å². The summed E-state index contributed by atoms with van der Waals surface area (Å²) in [4.78, 5) is 0. The Morgan fingerprint density at radius 3 is 3.00 bits per heavy atom. The van der Waals surface area contributed by atoms with Gasteiger partial charge in [-0.3, -0.25) is 0 Å². The molecule has 0 saturated heterocycles. The highest BCUT2D eigenvalue weighted by Crippen LogP contribution is 2.23. The zero-order chi connectivity index (χ0) is 8.67. The van der Waals surface area contributed by atoms with Gasteiger partial charge in [0, 0.05) is 17.5 Å². The molecule has 13 heavy (non-hydrogen) atoms. The fourth-order valence-electron chi connectivity index (χ4n) is 1.67. The Labute approximate surface area is 77.7 Å². The van der Waals surface area contributed by atoms with Crippen LogP contribution >= 0.6 is 8.19 Å². The van der Waals surface area contributed by atoms with Crippen LogP contribution in [-0.4, -0.2) is 4.40 Å². The zero-order valence-electron chi connectivity index (χ0n) is 7.01. The lowest BCUT2D eigenvalue weighted by Gasteiger charge is -1.99. The van der Waals surface area contributed by atoms with Crippen molar-refractivity contribution in [3.63, 3.8) is 0 Å². The van der Waals surface area contributed by atoms with Crippen LogP contribution in [0, 0.1) is 0 Å². The Kier molecular flexibility index (Phi) is 1.41. The molecule has 62 valence electrons. The van der Waals surface area contributed by atoms with Crippen molar-refractivity contribution < 1.29 is 0 Å². The van der Waals surface area contributed by atoms with Gasteiger partial charge in [0.05, 0.1) is 5.52 Å². The van der Waals surface area contributed by atoms with Gasteiger partial charge in [0.15, 0.2) is 0 Å². The summed E-state index contributed by atoms with van der Waals surface area (Å²) in [5, 5.41) is 2.65. The summed E-state index contributed by atoms with van der Waals surface area (Å²) in [6.45, 7) is 0. The third-order valence-electron chi connectivity index (χ3n) is 2.32. The highest BCUT2D eigenvalue weighted by molar-refractivity contribution is 7.28. The molecule has 0 aliphatic carbocycles. The van der Waals surface area contributed by atoms with Crippen LogP contribution in [0.15, 0.2) is 48.3 Å². The van der Waals surface area contributed by atoms with Crippen LogP contribution in [-0.2, 0) is 0 Å². The molecule has 2 heterocycles. The molecule has 0 spiro atoms. The molecule has 0 amide bonds. The maximum atomic E-state index is 2.24. The quantitative estimate of drug-likeness (QED) is 0.503. The first kappa shape index (κ1) is 7.11. The standard InChI is InChI=1S/C11H8NP/c1-2-4-10-9(3-1)5-6-12-8-13-7-11(10)12/h1-8H. The van der Waals surface area contributed by atoms with Gasteiger partial charge in [-0.25, -0.2) is 0 Å². The Morgan fingerprint density at radius 2 is 2.00 bits per heavy atom. The molecule has 0 aliphatic heterocycles. The van der Waals surface area contributed by atoms with Crippen molar-refractivity contribution >= 4 is 24.5 Å². The molecule has 0 aliphatic rings. The van der Waals surface area contributed by atoms with Gasteiger partial charge in [0.25, 0.3) is 0 Å². The van der Waals surface area contributed by atoms with Gasteiger partial charge in [-0.15, -0.1) is 0 Å². The second-order valence-corrected chi connectivity index (χ2v) is 3.88. The molecule has 2 aromatic heterocycles. The lowest BCUT2D eigenvalue weighted by atomic mass is 10.1. The summed E-state index contributed by atoms with van der Waals surface area (Å²) in [7, 11) is 1.28. The van der Waals surface area contributed by atoms with Crippen LogP contribution in [0.3, 0.4) is 0 Å². The Bertz CT molecular complexity index is 568. The second kappa shape index (κ2) is 2.58. The predicted octanol–water partition coefficient (Wildman–Crippen LogP) is 3.67. The van der Waals surface area contributed by atoms with E-state index < -0.39 is 0 Å². The molecule has 0 atom stereocenters. The SMILES string of the molecule is c1ccc2c(c1)ccn1cpcc21. The first-order valence-corrected chi connectivity index (χ1v) is 5.28. The van der Waals surface area contributed by atoms with Gasteiger partial charge in [0.2, 0.25) is 0 Å². The molecule has 0 saturated carbocycles. The summed E-state index contributed by atoms with van der Waals surface area (Å²) < 4.78 is 2.18. The van der Waals surface area contributed by atoms with Gasteiger partial charge < -0.3 is 4.40 Å². The molecule has 0 fully saturated rings. The summed E-state index contributed by atoms with van der Waals surface area (Å²) in [6, 6.07) is 10.7. The van der Waals surface area contributed by atoms with E-state index in [2.05, 4.69) is 52.7 Å². The minimum absolute atomic E-state index is 1.28. The third kappa shape index (κ3) is 0.976. The monoisotopic (exact) mass is 185 g/mol. The summed E-state index contributed by atoms with van der Waals surface area (Å²) >= 11 is 0. The van der Waals surface area contributed by atoms with E-state index in [4.69, 9.17) is 0 Å². The molecule has 2 heteroatoms. The van der Waals surface area contributed by atoms with E-state index >= 15 is 0 Å². The lowest BCUT2D eigenvalue weighted by molar-refractivity contribution is 1.23. The largest absolute Gasteiger partial charge is 0.319 e. The molecule has 1 aromatic carbocycles. The minimum atomic E-state index is 1.28. The molecule has 0 unspecified atom stereocenters. The number of rotatable bonds is 0. The number of aromatic nitrogens is 1. The van der Waals surface area contributed by atoms with Gasteiger partial charge in [0.1, 0.15) is 0 Å². The van der Waals surface area contributed by atoms with Crippen molar-refractivity contribution in [3.8, 4) is 0 Å². The molecule has 0 N–H and O–H groups in total. The summed E-state index contributed by atoms with van der Waals surface area (Å²) in [6.07, 6.45) is 2.12. The van der Waals surface area contributed by atoms with Crippen LogP contribution in [0.2, 0.25) is 0 Å². The fourth-order valence-corrected chi connectivity index (χ4v) is 2.49. The summed E-state index contributed by atoms with van der Waals surface area (Å²) in [5.41, 5.74) is 1.32. The average molecular weight is 185 g/mol. The van der Waals surface area contributed by atoms with Crippen LogP contribution in [0.1, 0.15) is 0 Å². The molecule has 0 bridgehead atoms. The Hall–Kier alpha value is -1.33. The number of pyridine rings is 1. The maximum Gasteiger partial charge on any atom is 0.0577 e. The van der Waals surface area contributed by atoms with Crippen LogP contribution in [0.25, 0.3) is 16.3 Å². The second-order valence-electron chi connectivity index (χ2n) is 3.09. The predicted molar refractivity (Wildman–Crippen MR) is 57.4 cm³/mol. The Balaban J connectivity index is 2.65. The first-order chi connectivity index (χ1) is 6.45. The van der Waals surface area contributed by atoms with E-state index in [0.717, 1.165) is 0 Å². The van der Waals surface area contributed by atoms with Gasteiger partial charge in [-0.05, 0) is 17.3 Å². The van der Waals surface area contributed by atoms with Crippen molar-refractivity contribution in [1.82, 2.24) is 4.40 Å². The van der Waals surface area contributed by atoms with Crippen LogP contribution < -0.4 is 0 Å². The summed E-state index contributed by atoms with van der Waals surface area (Å²) in [5.74, 6) is 4.41. The van der Waals surface area contributed by atoms with Gasteiger partial charge in [-0.2, -0.15) is 0 Å². The molecule has 0 radical (unpaired) electrons. The van der Waals surface area contributed by atoms with E-state index in [-0.39, 0.29) is 0 Å². The number of fused-ring (bicyclic) bond motifs is 3. The molecule has 3 aromatic rings. The van der Waals surface area contributed by atoms with Crippen LogP contribution in [0.4, 0.5) is 0 Å². The highest BCUT2D eigenvalue weighted by Gasteiger charge is 1.97. The lowest BCUT2D eigenvalue weighted by Crippen LogP contribution is -1.81. The van der Waals surface area contributed by atoms with Crippen molar-refractivity contribution in [2.45, 2.75) is 0 Å². The topological polar surface area (TPSA) is 4.41 Å². The Morgan fingerprint density at radius 1 is 1.08 bits per heavy atom. The third-order valence-corrected chi connectivity index (χ3v) is 3.09. The van der Waals surface area contributed by atoms with Crippen LogP contribution in [0.5, 0.6) is 0 Å². The molecular weight excluding hydrogens is 177 g/mol. The van der Waals surface area contributed by atoms with E-state index in [9.17, 15) is 0 Å². The smallest absolute Gasteiger partial charge is 0.0577 e. The van der Waals surface area contributed by atoms with Crippen molar-refractivity contribution in [1.29, 1.82) is 0 Å². The maximum absolute atomic E-state index is 2.24. The van der Waals surface area contributed by atoms with Crippen molar-refractivity contribution in [3.05, 3.63) is 48.3 Å². The fraction of sp³-hybridized carbons (Fsp3) is 0. The molecular formula is C11H8NP. The van der Waals surface area contributed by atoms with Crippen molar-refractivity contribution in [2.75, 3.05) is 0 Å². The van der Waals surface area contributed by atoms with E-state index in [1.54, 1.807) is 0 Å². The number of hydrogen-bond donors (Lipinski definition) is 0. The van der Waals surface area contributed by atoms with E-state index in [1.165, 1.54) is 24.5 Å².